The molecule has 0 spiro atoms. The molecule has 0 aliphatic heterocycles. The highest BCUT2D eigenvalue weighted by Crippen LogP contribution is 2.28. The topological polar surface area (TPSA) is 95.9 Å². The van der Waals surface area contributed by atoms with Gasteiger partial charge < -0.3 is 20.3 Å². The lowest BCUT2D eigenvalue weighted by Crippen LogP contribution is -2.47. The number of hydrogen-bond acceptors (Lipinski definition) is 4. The summed E-state index contributed by atoms with van der Waals surface area (Å²) in [6.07, 6.45) is 6.70. The monoisotopic (exact) mass is 315 g/mol. The Bertz CT molecular complexity index is 341. The molecule has 6 nitrogen and oxygen atoms in total. The van der Waals surface area contributed by atoms with Gasteiger partial charge in [0, 0.05) is 0 Å². The number of hydrogen-bond donors (Lipinski definition) is 3. The summed E-state index contributed by atoms with van der Waals surface area (Å²) in [5.41, 5.74) is 0. The smallest absolute Gasteiger partial charge is 0.407 e. The van der Waals surface area contributed by atoms with Crippen molar-refractivity contribution >= 4 is 12.1 Å². The van der Waals surface area contributed by atoms with E-state index in [9.17, 15) is 14.7 Å². The zero-order valence-corrected chi connectivity index (χ0v) is 13.4. The fourth-order valence-electron chi connectivity index (χ4n) is 2.87. The number of unbranched alkanes of at least 4 members (excludes halogenated alkanes) is 1. The Balaban J connectivity index is 2.44. The molecule has 22 heavy (non-hydrogen) atoms. The van der Waals surface area contributed by atoms with Crippen LogP contribution in [0.25, 0.3) is 0 Å². The summed E-state index contributed by atoms with van der Waals surface area (Å²) in [6, 6.07) is -0.798. The number of aliphatic hydroxyl groups excluding tert-OH is 1. The average molecular weight is 315 g/mol. The van der Waals surface area contributed by atoms with Gasteiger partial charge in [-0.25, -0.2) is 9.59 Å². The first-order valence-electron chi connectivity index (χ1n) is 8.38. The third kappa shape index (κ3) is 7.11. The molecule has 1 rings (SSSR count). The molecule has 128 valence electrons. The first kappa shape index (κ1) is 18.7. The molecule has 0 bridgehead atoms. The van der Waals surface area contributed by atoms with E-state index in [-0.39, 0.29) is 0 Å². The Morgan fingerprint density at radius 1 is 1.27 bits per heavy atom. The predicted octanol–water partition coefficient (Wildman–Crippen LogP) is 2.69. The largest absolute Gasteiger partial charge is 0.479 e. The van der Waals surface area contributed by atoms with E-state index in [1.54, 1.807) is 0 Å². The van der Waals surface area contributed by atoms with E-state index in [1.165, 1.54) is 19.3 Å². The van der Waals surface area contributed by atoms with Gasteiger partial charge in [0.25, 0.3) is 0 Å². The number of carbonyl (C=O) groups is 2. The number of aliphatic hydroxyl groups is 1. The summed E-state index contributed by atoms with van der Waals surface area (Å²) >= 11 is 0. The van der Waals surface area contributed by atoms with E-state index in [0.29, 0.717) is 18.9 Å². The maximum atomic E-state index is 11.7. The molecule has 0 aromatic carbocycles. The van der Waals surface area contributed by atoms with Crippen LogP contribution in [0.5, 0.6) is 0 Å². The van der Waals surface area contributed by atoms with Gasteiger partial charge in [0.2, 0.25) is 0 Å². The number of alkyl carbamates (subject to hydrolysis) is 1. The van der Waals surface area contributed by atoms with Crippen LogP contribution in [0.1, 0.15) is 64.7 Å². The fraction of sp³-hybridized carbons (Fsp3) is 0.875. The second-order valence-electron chi connectivity index (χ2n) is 6.10. The van der Waals surface area contributed by atoms with Crippen LogP contribution in [-0.2, 0) is 9.53 Å². The van der Waals surface area contributed by atoms with Crippen LogP contribution in [0, 0.1) is 5.92 Å². The number of carboxylic acids is 1. The van der Waals surface area contributed by atoms with Gasteiger partial charge in [-0.2, -0.15) is 0 Å². The van der Waals surface area contributed by atoms with E-state index < -0.39 is 24.2 Å². The van der Waals surface area contributed by atoms with Crippen molar-refractivity contribution in [1.29, 1.82) is 0 Å². The fourth-order valence-corrected chi connectivity index (χ4v) is 2.87. The van der Waals surface area contributed by atoms with Crippen LogP contribution in [-0.4, -0.2) is 41.0 Å². The minimum Gasteiger partial charge on any atom is -0.479 e. The number of carboxylic acid groups (broad SMARTS) is 1. The Kier molecular flexibility index (Phi) is 8.89. The first-order valence-corrected chi connectivity index (χ1v) is 8.38. The molecule has 0 radical (unpaired) electrons. The van der Waals surface area contributed by atoms with Crippen LogP contribution in [0.2, 0.25) is 0 Å². The standard InChI is InChI=1S/C16H29NO5/c1-2-3-11-22-16(21)17-13(14(18)15(19)20)10-9-12-7-5-4-6-8-12/h12-14,18H,2-11H2,1H3,(H,17,21)(H,19,20)/t13-,14+/m1/s1. The molecule has 1 aliphatic rings. The predicted molar refractivity (Wildman–Crippen MR) is 82.6 cm³/mol. The number of carbonyl (C=O) groups excluding carboxylic acids is 1. The van der Waals surface area contributed by atoms with Gasteiger partial charge in [0.15, 0.2) is 6.10 Å². The minimum absolute atomic E-state index is 0.306. The highest BCUT2D eigenvalue weighted by atomic mass is 16.5. The number of rotatable bonds is 9. The van der Waals surface area contributed by atoms with Crippen molar-refractivity contribution in [3.05, 3.63) is 0 Å². The summed E-state index contributed by atoms with van der Waals surface area (Å²) in [4.78, 5) is 22.7. The second-order valence-corrected chi connectivity index (χ2v) is 6.10. The number of amides is 1. The number of nitrogens with one attached hydrogen (secondary N) is 1. The molecule has 6 heteroatoms. The van der Waals surface area contributed by atoms with E-state index in [4.69, 9.17) is 9.84 Å². The summed E-state index contributed by atoms with van der Waals surface area (Å²) in [7, 11) is 0. The lowest BCUT2D eigenvalue weighted by Gasteiger charge is -2.26. The SMILES string of the molecule is CCCCOC(=O)N[C@H](CCC1CCCCC1)[C@H](O)C(=O)O. The molecule has 1 saturated carbocycles. The molecule has 1 amide bonds. The van der Waals surface area contributed by atoms with Gasteiger partial charge in [-0.15, -0.1) is 0 Å². The van der Waals surface area contributed by atoms with Gasteiger partial charge in [-0.1, -0.05) is 45.4 Å². The lowest BCUT2D eigenvalue weighted by molar-refractivity contribution is -0.148. The quantitative estimate of drug-likeness (QED) is 0.569. The highest BCUT2D eigenvalue weighted by Gasteiger charge is 2.28. The zero-order chi connectivity index (χ0) is 16.4. The maximum absolute atomic E-state index is 11.7. The van der Waals surface area contributed by atoms with Crippen LogP contribution in [0.3, 0.4) is 0 Å². The van der Waals surface area contributed by atoms with Crippen molar-refractivity contribution in [2.45, 2.75) is 76.9 Å². The molecule has 0 heterocycles. The van der Waals surface area contributed by atoms with Crippen LogP contribution in [0.15, 0.2) is 0 Å². The third-order valence-electron chi connectivity index (χ3n) is 4.28. The van der Waals surface area contributed by atoms with Crippen molar-refractivity contribution < 1.29 is 24.5 Å². The Morgan fingerprint density at radius 2 is 1.95 bits per heavy atom. The molecule has 0 aromatic heterocycles. The molecular formula is C16H29NO5. The van der Waals surface area contributed by atoms with Crippen molar-refractivity contribution in [1.82, 2.24) is 5.32 Å². The molecule has 0 saturated heterocycles. The minimum atomic E-state index is -1.60. The number of aliphatic carboxylic acids is 1. The van der Waals surface area contributed by atoms with E-state index >= 15 is 0 Å². The summed E-state index contributed by atoms with van der Waals surface area (Å²) in [6.45, 7) is 2.29. The van der Waals surface area contributed by atoms with E-state index in [2.05, 4.69) is 5.32 Å². The molecule has 0 aromatic rings. The molecule has 1 fully saturated rings. The van der Waals surface area contributed by atoms with Crippen LogP contribution >= 0.6 is 0 Å². The summed E-state index contributed by atoms with van der Waals surface area (Å²) < 4.78 is 4.98. The van der Waals surface area contributed by atoms with Crippen molar-refractivity contribution in [2.75, 3.05) is 6.61 Å². The number of ether oxygens (including phenoxy) is 1. The Labute approximate surface area is 132 Å². The van der Waals surface area contributed by atoms with Gasteiger partial charge in [0.1, 0.15) is 0 Å². The summed E-state index contributed by atoms with van der Waals surface area (Å²) in [5, 5.41) is 21.2. The third-order valence-corrected chi connectivity index (χ3v) is 4.28. The van der Waals surface area contributed by atoms with Gasteiger partial charge >= 0.3 is 12.1 Å². The van der Waals surface area contributed by atoms with Gasteiger partial charge in [-0.3, -0.25) is 0 Å². The van der Waals surface area contributed by atoms with Crippen LogP contribution < -0.4 is 5.32 Å². The molecule has 2 atom stereocenters. The van der Waals surface area contributed by atoms with E-state index in [1.807, 2.05) is 6.92 Å². The zero-order valence-electron chi connectivity index (χ0n) is 13.4. The van der Waals surface area contributed by atoms with E-state index in [0.717, 1.165) is 32.1 Å². The second kappa shape index (κ2) is 10.4. The molecular weight excluding hydrogens is 286 g/mol. The van der Waals surface area contributed by atoms with Crippen LogP contribution in [0.4, 0.5) is 4.79 Å². The lowest BCUT2D eigenvalue weighted by atomic mass is 9.84. The maximum Gasteiger partial charge on any atom is 0.407 e. The first-order chi connectivity index (χ1) is 10.5. The van der Waals surface area contributed by atoms with Gasteiger partial charge in [-0.05, 0) is 25.2 Å². The van der Waals surface area contributed by atoms with Crippen molar-refractivity contribution in [2.24, 2.45) is 5.92 Å². The molecule has 1 aliphatic carbocycles. The Hall–Kier alpha value is -1.30. The summed E-state index contributed by atoms with van der Waals surface area (Å²) in [5.74, 6) is -0.752. The highest BCUT2D eigenvalue weighted by molar-refractivity contribution is 5.75. The molecule has 0 unspecified atom stereocenters. The average Bonchev–Trinajstić information content (AvgIpc) is 2.51. The Morgan fingerprint density at radius 3 is 2.55 bits per heavy atom. The van der Waals surface area contributed by atoms with Crippen molar-refractivity contribution in [3.8, 4) is 0 Å². The normalized spacial score (nSPS) is 18.5. The molecule has 3 N–H and O–H groups in total. The van der Waals surface area contributed by atoms with Gasteiger partial charge in [0.05, 0.1) is 12.6 Å². The van der Waals surface area contributed by atoms with Crippen molar-refractivity contribution in [3.63, 3.8) is 0 Å².